The second-order valence-electron chi connectivity index (χ2n) is 4.01. The molecule has 108 valence electrons. The maximum atomic E-state index is 11.5. The average Bonchev–Trinajstić information content (AvgIpc) is 3.04. The van der Waals surface area contributed by atoms with E-state index in [1.165, 1.54) is 25.1 Å². The molecule has 0 unspecified atom stereocenters. The van der Waals surface area contributed by atoms with Crippen LogP contribution < -0.4 is 5.73 Å². The van der Waals surface area contributed by atoms with Crippen molar-refractivity contribution in [3.05, 3.63) is 29.5 Å². The zero-order chi connectivity index (χ0) is 14.5. The first-order valence-electron chi connectivity index (χ1n) is 6.04. The van der Waals surface area contributed by atoms with Crippen molar-refractivity contribution in [1.82, 2.24) is 14.8 Å². The topological polar surface area (TPSA) is 96.2 Å². The molecule has 0 amide bonds. The predicted octanol–water partition coefficient (Wildman–Crippen LogP) is 1.22. The average molecular weight is 296 g/mol. The minimum Gasteiger partial charge on any atom is -0.468 e. The first-order valence-corrected chi connectivity index (χ1v) is 7.03. The normalized spacial score (nSPS) is 10.8. The molecular formula is C12H16N4O3S. The Labute approximate surface area is 120 Å². The van der Waals surface area contributed by atoms with Crippen molar-refractivity contribution in [2.45, 2.75) is 24.4 Å². The second kappa shape index (κ2) is 6.58. The number of methoxy groups -OCH3 is 1. The minimum absolute atomic E-state index is 0.408. The van der Waals surface area contributed by atoms with E-state index in [1.807, 2.05) is 11.5 Å². The maximum absolute atomic E-state index is 11.5. The number of ether oxygens (including phenoxy) is 1. The third-order valence-electron chi connectivity index (χ3n) is 2.74. The SMILES string of the molecule is COC(=O)c1ccoc1CSc1nnc(C)n1CCN. The quantitative estimate of drug-likeness (QED) is 0.632. The van der Waals surface area contributed by atoms with Crippen molar-refractivity contribution in [3.8, 4) is 0 Å². The van der Waals surface area contributed by atoms with Crippen molar-refractivity contribution >= 4 is 17.7 Å². The highest BCUT2D eigenvalue weighted by Crippen LogP contribution is 2.24. The Bertz CT molecular complexity index is 593. The molecule has 0 aliphatic rings. The van der Waals surface area contributed by atoms with Gasteiger partial charge in [-0.15, -0.1) is 10.2 Å². The number of furan rings is 1. The number of carbonyl (C=O) groups is 1. The summed E-state index contributed by atoms with van der Waals surface area (Å²) in [5.74, 6) is 1.43. The van der Waals surface area contributed by atoms with Crippen LogP contribution in [0.4, 0.5) is 0 Å². The lowest BCUT2D eigenvalue weighted by atomic mass is 10.3. The Morgan fingerprint density at radius 1 is 1.55 bits per heavy atom. The summed E-state index contributed by atoms with van der Waals surface area (Å²) in [6.45, 7) is 3.04. The van der Waals surface area contributed by atoms with Gasteiger partial charge in [0.1, 0.15) is 17.1 Å². The van der Waals surface area contributed by atoms with Gasteiger partial charge in [-0.05, 0) is 13.0 Å². The molecule has 7 nitrogen and oxygen atoms in total. The monoisotopic (exact) mass is 296 g/mol. The second-order valence-corrected chi connectivity index (χ2v) is 4.95. The summed E-state index contributed by atoms with van der Waals surface area (Å²) in [5.41, 5.74) is 6.00. The van der Waals surface area contributed by atoms with E-state index in [4.69, 9.17) is 14.9 Å². The van der Waals surface area contributed by atoms with E-state index < -0.39 is 5.97 Å². The van der Waals surface area contributed by atoms with Crippen LogP contribution in [0, 0.1) is 6.92 Å². The van der Waals surface area contributed by atoms with Crippen molar-refractivity contribution in [2.24, 2.45) is 5.73 Å². The van der Waals surface area contributed by atoms with Crippen LogP contribution in [0.2, 0.25) is 0 Å². The summed E-state index contributed by atoms with van der Waals surface area (Å²) in [5, 5.41) is 8.86. The van der Waals surface area contributed by atoms with E-state index in [0.29, 0.717) is 30.2 Å². The zero-order valence-electron chi connectivity index (χ0n) is 11.3. The van der Waals surface area contributed by atoms with Gasteiger partial charge in [0.15, 0.2) is 5.16 Å². The highest BCUT2D eigenvalue weighted by Gasteiger charge is 2.17. The Morgan fingerprint density at radius 2 is 2.35 bits per heavy atom. The first-order chi connectivity index (χ1) is 9.67. The number of thioether (sulfide) groups is 1. The van der Waals surface area contributed by atoms with E-state index >= 15 is 0 Å². The van der Waals surface area contributed by atoms with Gasteiger partial charge in [-0.25, -0.2) is 4.79 Å². The fourth-order valence-electron chi connectivity index (χ4n) is 1.73. The van der Waals surface area contributed by atoms with Gasteiger partial charge in [-0.1, -0.05) is 11.8 Å². The van der Waals surface area contributed by atoms with Crippen LogP contribution in [0.15, 0.2) is 21.9 Å². The van der Waals surface area contributed by atoms with Gasteiger partial charge in [-0.3, -0.25) is 0 Å². The van der Waals surface area contributed by atoms with Crippen molar-refractivity contribution in [2.75, 3.05) is 13.7 Å². The number of rotatable bonds is 6. The summed E-state index contributed by atoms with van der Waals surface area (Å²) < 4.78 is 11.9. The number of esters is 1. The van der Waals surface area contributed by atoms with E-state index in [0.717, 1.165) is 11.0 Å². The Kier molecular flexibility index (Phi) is 4.80. The van der Waals surface area contributed by atoms with Gasteiger partial charge in [0.05, 0.1) is 19.1 Å². The van der Waals surface area contributed by atoms with E-state index in [-0.39, 0.29) is 0 Å². The molecule has 0 radical (unpaired) electrons. The van der Waals surface area contributed by atoms with E-state index in [9.17, 15) is 4.79 Å². The molecule has 0 bridgehead atoms. The summed E-state index contributed by atoms with van der Waals surface area (Å²) in [7, 11) is 1.34. The number of hydrogen-bond acceptors (Lipinski definition) is 7. The van der Waals surface area contributed by atoms with Gasteiger partial charge < -0.3 is 19.5 Å². The Balaban J connectivity index is 2.09. The molecule has 0 fully saturated rings. The van der Waals surface area contributed by atoms with Crippen LogP contribution >= 0.6 is 11.8 Å². The van der Waals surface area contributed by atoms with E-state index in [1.54, 1.807) is 6.07 Å². The molecular weight excluding hydrogens is 280 g/mol. The molecule has 0 aliphatic heterocycles. The lowest BCUT2D eigenvalue weighted by Gasteiger charge is -2.06. The van der Waals surface area contributed by atoms with Crippen LogP contribution in [0.3, 0.4) is 0 Å². The van der Waals surface area contributed by atoms with Crippen LogP contribution in [0.1, 0.15) is 21.9 Å². The van der Waals surface area contributed by atoms with Gasteiger partial charge in [-0.2, -0.15) is 0 Å². The number of carbonyl (C=O) groups excluding carboxylic acids is 1. The minimum atomic E-state index is -0.408. The standard InChI is InChI=1S/C12H16N4O3S/c1-8-14-15-12(16(8)5-4-13)20-7-10-9(3-6-19-10)11(17)18-2/h3,6H,4-5,7,13H2,1-2H3. The molecule has 0 saturated heterocycles. The predicted molar refractivity (Wildman–Crippen MR) is 73.4 cm³/mol. The highest BCUT2D eigenvalue weighted by atomic mass is 32.2. The fourth-order valence-corrected chi connectivity index (χ4v) is 2.69. The van der Waals surface area contributed by atoms with Crippen molar-refractivity contribution in [1.29, 1.82) is 0 Å². The Hall–Kier alpha value is -1.80. The summed E-state index contributed by atoms with van der Waals surface area (Å²) >= 11 is 1.44. The molecule has 0 atom stereocenters. The van der Waals surface area contributed by atoms with Gasteiger partial charge >= 0.3 is 5.97 Å². The lowest BCUT2D eigenvalue weighted by Crippen LogP contribution is -2.12. The first kappa shape index (κ1) is 14.6. The van der Waals surface area contributed by atoms with Gasteiger partial charge in [0, 0.05) is 13.1 Å². The largest absolute Gasteiger partial charge is 0.468 e. The number of hydrogen-bond donors (Lipinski definition) is 1. The number of nitrogens with two attached hydrogens (primary N) is 1. The van der Waals surface area contributed by atoms with E-state index in [2.05, 4.69) is 10.2 Å². The molecule has 8 heteroatoms. The van der Waals surface area contributed by atoms with Crippen molar-refractivity contribution < 1.29 is 13.9 Å². The molecule has 2 aromatic heterocycles. The van der Waals surface area contributed by atoms with Gasteiger partial charge in [0.25, 0.3) is 0 Å². The number of aryl methyl sites for hydroxylation is 1. The molecule has 0 spiro atoms. The third-order valence-corrected chi connectivity index (χ3v) is 3.70. The summed E-state index contributed by atoms with van der Waals surface area (Å²) in [4.78, 5) is 11.5. The maximum Gasteiger partial charge on any atom is 0.341 e. The molecule has 2 rings (SSSR count). The smallest absolute Gasteiger partial charge is 0.341 e. The molecule has 2 aromatic rings. The van der Waals surface area contributed by atoms with Crippen LogP contribution in [0.5, 0.6) is 0 Å². The molecule has 20 heavy (non-hydrogen) atoms. The Morgan fingerprint density at radius 3 is 3.05 bits per heavy atom. The van der Waals surface area contributed by atoms with Crippen LogP contribution in [-0.4, -0.2) is 34.4 Å². The molecule has 2 heterocycles. The molecule has 0 aromatic carbocycles. The number of nitrogens with zero attached hydrogens (tertiary/aromatic N) is 3. The summed E-state index contributed by atoms with van der Waals surface area (Å²) in [6, 6.07) is 1.59. The highest BCUT2D eigenvalue weighted by molar-refractivity contribution is 7.98. The molecule has 2 N–H and O–H groups in total. The van der Waals surface area contributed by atoms with Gasteiger partial charge in [0.2, 0.25) is 0 Å². The lowest BCUT2D eigenvalue weighted by molar-refractivity contribution is 0.0598. The fraction of sp³-hybridized carbons (Fsp3) is 0.417. The zero-order valence-corrected chi connectivity index (χ0v) is 12.1. The third kappa shape index (κ3) is 3.02. The van der Waals surface area contributed by atoms with Crippen molar-refractivity contribution in [3.63, 3.8) is 0 Å². The molecule has 0 aliphatic carbocycles. The van der Waals surface area contributed by atoms with Crippen LogP contribution in [0.25, 0.3) is 0 Å². The summed E-state index contributed by atoms with van der Waals surface area (Å²) in [6.07, 6.45) is 1.47. The molecule has 0 saturated carbocycles. The van der Waals surface area contributed by atoms with Crippen LogP contribution in [-0.2, 0) is 17.0 Å². The number of aromatic nitrogens is 3.